The Hall–Kier alpha value is -2.46. The summed E-state index contributed by atoms with van der Waals surface area (Å²) in [5, 5.41) is 10.6. The van der Waals surface area contributed by atoms with E-state index in [1.165, 1.54) is 148 Å². The summed E-state index contributed by atoms with van der Waals surface area (Å²) in [5.41, 5.74) is 0. The van der Waals surface area contributed by atoms with Gasteiger partial charge in [0.25, 0.3) is 0 Å². The molecular weight excluding hydrogens is 1220 g/mol. The Kier molecular flexibility index (Phi) is 62.5. The number of aliphatic hydroxyl groups excluding tert-OH is 1. The lowest BCUT2D eigenvalue weighted by molar-refractivity contribution is -0.161. The van der Waals surface area contributed by atoms with Crippen LogP contribution in [-0.2, 0) is 65.4 Å². The van der Waals surface area contributed by atoms with Gasteiger partial charge in [0.1, 0.15) is 19.3 Å². The van der Waals surface area contributed by atoms with Gasteiger partial charge in [-0.3, -0.25) is 37.3 Å². The number of phosphoric ester groups is 2. The van der Waals surface area contributed by atoms with Gasteiger partial charge in [-0.1, -0.05) is 297 Å². The maximum atomic E-state index is 13.1. The Bertz CT molecular complexity index is 1910. The minimum Gasteiger partial charge on any atom is -0.462 e. The first-order valence-corrected chi connectivity index (χ1v) is 40.7. The van der Waals surface area contributed by atoms with E-state index >= 15 is 0 Å². The molecule has 0 aliphatic rings. The fraction of sp³-hybridized carbons (Fsp3) is 0.892. The molecule has 0 aromatic heterocycles. The fourth-order valence-electron chi connectivity index (χ4n) is 10.7. The molecule has 0 rings (SSSR count). The zero-order valence-corrected chi connectivity index (χ0v) is 62.0. The number of hydrogen-bond acceptors (Lipinski definition) is 15. The van der Waals surface area contributed by atoms with E-state index in [0.717, 1.165) is 115 Å². The summed E-state index contributed by atoms with van der Waals surface area (Å²) in [5.74, 6) is 0.0616. The quantitative estimate of drug-likeness (QED) is 0.0169. The number of unbranched alkanes of at least 4 members (excludes halogenated alkanes) is 35. The molecule has 0 fully saturated rings. The molecule has 3 N–H and O–H groups in total. The van der Waals surface area contributed by atoms with Crippen molar-refractivity contribution >= 4 is 39.5 Å². The number of phosphoric acid groups is 2. The van der Waals surface area contributed by atoms with Gasteiger partial charge in [0, 0.05) is 25.7 Å². The Morgan fingerprint density at radius 1 is 0.333 bits per heavy atom. The van der Waals surface area contributed by atoms with Crippen molar-refractivity contribution in [2.45, 2.75) is 369 Å². The van der Waals surface area contributed by atoms with Gasteiger partial charge < -0.3 is 33.8 Å². The van der Waals surface area contributed by atoms with Crippen LogP contribution in [0.3, 0.4) is 0 Å². The third-order valence-corrected chi connectivity index (χ3v) is 18.4. The highest BCUT2D eigenvalue weighted by molar-refractivity contribution is 7.47. The number of esters is 4. The predicted molar refractivity (Wildman–Crippen MR) is 377 cm³/mol. The van der Waals surface area contributed by atoms with Crippen LogP contribution in [0.5, 0.6) is 0 Å². The first kappa shape index (κ1) is 90.5. The molecule has 93 heavy (non-hydrogen) atoms. The van der Waals surface area contributed by atoms with Crippen LogP contribution in [-0.4, -0.2) is 96.7 Å². The van der Waals surface area contributed by atoms with E-state index in [0.29, 0.717) is 31.6 Å². The molecule has 0 aromatic rings. The maximum absolute atomic E-state index is 13.1. The van der Waals surface area contributed by atoms with Crippen LogP contribution in [0.1, 0.15) is 350 Å². The van der Waals surface area contributed by atoms with Crippen molar-refractivity contribution in [3.63, 3.8) is 0 Å². The maximum Gasteiger partial charge on any atom is 0.472 e. The summed E-state index contributed by atoms with van der Waals surface area (Å²) in [6.07, 6.45) is 52.3. The number of rotatable bonds is 70. The molecule has 0 aliphatic heterocycles. The average molecular weight is 1360 g/mol. The second-order valence-electron chi connectivity index (χ2n) is 27.4. The van der Waals surface area contributed by atoms with E-state index in [1.807, 2.05) is 0 Å². The highest BCUT2D eigenvalue weighted by Gasteiger charge is 2.30. The molecule has 0 spiro atoms. The molecular formula is C74H140O17P2. The van der Waals surface area contributed by atoms with Crippen molar-refractivity contribution in [1.29, 1.82) is 0 Å². The van der Waals surface area contributed by atoms with Crippen LogP contribution in [0, 0.1) is 17.8 Å². The van der Waals surface area contributed by atoms with Gasteiger partial charge in [0.05, 0.1) is 26.4 Å². The summed E-state index contributed by atoms with van der Waals surface area (Å²) >= 11 is 0. The Labute approximate surface area is 567 Å². The second-order valence-corrected chi connectivity index (χ2v) is 30.3. The molecule has 3 unspecified atom stereocenters. The zero-order valence-electron chi connectivity index (χ0n) is 60.2. The van der Waals surface area contributed by atoms with Crippen molar-refractivity contribution in [3.8, 4) is 0 Å². The first-order chi connectivity index (χ1) is 44.7. The lowest BCUT2D eigenvalue weighted by atomic mass is 10.0. The number of carbonyl (C=O) groups excluding carboxylic acids is 4. The second kappa shape index (κ2) is 64.2. The van der Waals surface area contributed by atoms with Gasteiger partial charge in [0.15, 0.2) is 12.2 Å². The molecule has 0 aliphatic carbocycles. The lowest BCUT2D eigenvalue weighted by Gasteiger charge is -2.21. The van der Waals surface area contributed by atoms with Crippen molar-refractivity contribution in [2.75, 3.05) is 39.6 Å². The van der Waals surface area contributed by atoms with Crippen LogP contribution in [0.25, 0.3) is 0 Å². The van der Waals surface area contributed by atoms with E-state index in [1.54, 1.807) is 0 Å². The summed E-state index contributed by atoms with van der Waals surface area (Å²) in [4.78, 5) is 72.7. The minimum absolute atomic E-state index is 0.0847. The molecule has 0 amide bonds. The zero-order chi connectivity index (χ0) is 68.7. The first-order valence-electron chi connectivity index (χ1n) is 37.7. The number of carbonyl (C=O) groups is 4. The minimum atomic E-state index is -4.96. The summed E-state index contributed by atoms with van der Waals surface area (Å²) < 4.78 is 68.3. The van der Waals surface area contributed by atoms with E-state index in [2.05, 4.69) is 72.8 Å². The van der Waals surface area contributed by atoms with Gasteiger partial charge in [-0.15, -0.1) is 0 Å². The summed E-state index contributed by atoms with van der Waals surface area (Å²) in [6.45, 7) is 11.7. The molecule has 0 radical (unpaired) electrons. The lowest BCUT2D eigenvalue weighted by Crippen LogP contribution is -2.30. The van der Waals surface area contributed by atoms with Crippen LogP contribution >= 0.6 is 15.6 Å². The van der Waals surface area contributed by atoms with E-state index < -0.39 is 97.5 Å². The third-order valence-electron chi connectivity index (χ3n) is 16.5. The number of aliphatic hydroxyl groups is 1. The standard InChI is InChI=1S/C74H140O17P2/c1-8-9-10-11-12-13-14-15-16-21-24-27-36-43-50-57-73(78)90-69(61-84-71(76)55-48-41-34-26-23-20-18-17-19-22-25-31-38-45-52-65(2)3)63-88-92(80,81)86-59-68(75)60-87-93(82,83)89-64-70(91-74(79)58-51-44-37-30-33-40-47-54-67(6)7)62-85-72(77)56-49-42-35-29-28-32-39-46-53-66(4)5/h13-16,65-70,75H,8-12,17-64H2,1-7H3,(H,80,81)(H,82,83)/b14-13-,16-15-/t68?,69-,70-/m1/s1. The van der Waals surface area contributed by atoms with Crippen LogP contribution < -0.4 is 0 Å². The van der Waals surface area contributed by atoms with Crippen molar-refractivity contribution < 1.29 is 80.2 Å². The van der Waals surface area contributed by atoms with Crippen LogP contribution in [0.2, 0.25) is 0 Å². The molecule has 19 heteroatoms. The molecule has 0 heterocycles. The van der Waals surface area contributed by atoms with Crippen molar-refractivity contribution in [1.82, 2.24) is 0 Å². The van der Waals surface area contributed by atoms with E-state index in [-0.39, 0.29) is 25.7 Å². The van der Waals surface area contributed by atoms with Gasteiger partial charge >= 0.3 is 39.5 Å². The van der Waals surface area contributed by atoms with E-state index in [9.17, 15) is 43.2 Å². The molecule has 0 saturated heterocycles. The fourth-order valence-corrected chi connectivity index (χ4v) is 12.3. The normalized spacial score (nSPS) is 14.3. The summed E-state index contributed by atoms with van der Waals surface area (Å²) in [6, 6.07) is 0. The van der Waals surface area contributed by atoms with Gasteiger partial charge in [-0.2, -0.15) is 0 Å². The number of hydrogen-bond donors (Lipinski definition) is 3. The third kappa shape index (κ3) is 67.9. The topological polar surface area (TPSA) is 237 Å². The van der Waals surface area contributed by atoms with Crippen LogP contribution in [0.4, 0.5) is 0 Å². The Balaban J connectivity index is 5.27. The van der Waals surface area contributed by atoms with Gasteiger partial charge in [0.2, 0.25) is 0 Å². The van der Waals surface area contributed by atoms with Crippen molar-refractivity contribution in [2.24, 2.45) is 17.8 Å². The summed E-state index contributed by atoms with van der Waals surface area (Å²) in [7, 11) is -9.92. The number of allylic oxidation sites excluding steroid dienone is 4. The Morgan fingerprint density at radius 2 is 0.581 bits per heavy atom. The van der Waals surface area contributed by atoms with Gasteiger partial charge in [-0.05, 0) is 69.1 Å². The highest BCUT2D eigenvalue weighted by Crippen LogP contribution is 2.45. The predicted octanol–water partition coefficient (Wildman–Crippen LogP) is 21.0. The highest BCUT2D eigenvalue weighted by atomic mass is 31.2. The molecule has 17 nitrogen and oxygen atoms in total. The average Bonchev–Trinajstić information content (AvgIpc) is 3.37. The smallest absolute Gasteiger partial charge is 0.462 e. The monoisotopic (exact) mass is 1360 g/mol. The SMILES string of the molecule is CCCCCC/C=C\C=C/CCCCCCCC(=O)O[C@H](COC(=O)CCCCCCCCCCCCCCCCC(C)C)COP(=O)(O)OCC(O)COP(=O)(O)OC[C@@H](COC(=O)CCCCCCCCCCC(C)C)OC(=O)CCCCCCCCCC(C)C. The molecule has 0 bridgehead atoms. The molecule has 0 aromatic carbocycles. The Morgan fingerprint density at radius 3 is 0.871 bits per heavy atom. The van der Waals surface area contributed by atoms with Gasteiger partial charge in [-0.25, -0.2) is 9.13 Å². The number of ether oxygens (including phenoxy) is 4. The van der Waals surface area contributed by atoms with Crippen molar-refractivity contribution in [3.05, 3.63) is 24.3 Å². The van der Waals surface area contributed by atoms with Crippen LogP contribution in [0.15, 0.2) is 24.3 Å². The van der Waals surface area contributed by atoms with E-state index in [4.69, 9.17) is 37.0 Å². The largest absolute Gasteiger partial charge is 0.472 e. The molecule has 548 valence electrons. The molecule has 5 atom stereocenters. The molecule has 0 saturated carbocycles.